The van der Waals surface area contributed by atoms with Crippen molar-refractivity contribution < 1.29 is 19.1 Å². The van der Waals surface area contributed by atoms with E-state index in [1.54, 1.807) is 44.0 Å². The maximum absolute atomic E-state index is 14.0. The molecule has 1 atom stereocenters. The lowest BCUT2D eigenvalue weighted by molar-refractivity contribution is -0.120. The molecule has 8 heteroatoms. The molecule has 2 aliphatic rings. The largest absolute Gasteiger partial charge is 0.444 e. The van der Waals surface area contributed by atoms with Crippen LogP contribution >= 0.6 is 0 Å². The summed E-state index contributed by atoms with van der Waals surface area (Å²) < 4.78 is 5.44. The van der Waals surface area contributed by atoms with E-state index in [9.17, 15) is 14.4 Å². The van der Waals surface area contributed by atoms with E-state index in [1.165, 1.54) is 13.3 Å². The van der Waals surface area contributed by atoms with Crippen LogP contribution in [0.4, 0.5) is 10.5 Å². The number of ether oxygens (including phenoxy) is 1. The van der Waals surface area contributed by atoms with Crippen molar-refractivity contribution in [1.82, 2.24) is 10.3 Å². The van der Waals surface area contributed by atoms with E-state index in [2.05, 4.69) is 10.3 Å². The summed E-state index contributed by atoms with van der Waals surface area (Å²) in [6.07, 6.45) is 5.09. The number of amides is 2. The fourth-order valence-electron chi connectivity index (χ4n) is 4.87. The number of hydrogen-bond acceptors (Lipinski definition) is 6. The number of aromatic nitrogens is 1. The fourth-order valence-corrected chi connectivity index (χ4v) is 4.87. The second kappa shape index (κ2) is 10.6. The monoisotopic (exact) mass is 490 g/mol. The van der Waals surface area contributed by atoms with E-state index >= 15 is 0 Å². The predicted octanol–water partition coefficient (Wildman–Crippen LogP) is 5.05. The normalized spacial score (nSPS) is 18.7. The van der Waals surface area contributed by atoms with Gasteiger partial charge in [0, 0.05) is 23.2 Å². The van der Waals surface area contributed by atoms with Gasteiger partial charge in [0.25, 0.3) is 5.91 Å². The van der Waals surface area contributed by atoms with Crippen molar-refractivity contribution in [3.05, 3.63) is 59.4 Å². The van der Waals surface area contributed by atoms with Gasteiger partial charge in [-0.05, 0) is 58.7 Å². The summed E-state index contributed by atoms with van der Waals surface area (Å²) in [5.74, 6) is -0.339. The Labute approximate surface area is 212 Å². The number of Topliss-reactive ketones (excluding diaryl/α,β-unsaturated/α-hetero) is 1. The number of para-hydroxylation sites is 1. The predicted molar refractivity (Wildman–Crippen MR) is 138 cm³/mol. The number of ketones is 1. The molecule has 1 aliphatic heterocycles. The van der Waals surface area contributed by atoms with Gasteiger partial charge in [0.1, 0.15) is 5.60 Å². The van der Waals surface area contributed by atoms with E-state index in [1.807, 2.05) is 24.3 Å². The molecule has 1 fully saturated rings. The van der Waals surface area contributed by atoms with Gasteiger partial charge in [-0.1, -0.05) is 37.5 Å². The van der Waals surface area contributed by atoms with Crippen LogP contribution in [0, 0.1) is 5.92 Å². The second-order valence-electron chi connectivity index (χ2n) is 10.4. The van der Waals surface area contributed by atoms with Crippen LogP contribution in [0.25, 0.3) is 0 Å². The second-order valence-corrected chi connectivity index (χ2v) is 10.4. The molecule has 2 aromatic rings. The van der Waals surface area contributed by atoms with Crippen LogP contribution in [0.5, 0.6) is 0 Å². The van der Waals surface area contributed by atoms with Crippen molar-refractivity contribution >= 4 is 29.2 Å². The number of rotatable bonds is 5. The van der Waals surface area contributed by atoms with Gasteiger partial charge in [0.15, 0.2) is 5.78 Å². The Morgan fingerprint density at radius 2 is 1.81 bits per heavy atom. The molecular weight excluding hydrogens is 456 g/mol. The van der Waals surface area contributed by atoms with Gasteiger partial charge in [-0.2, -0.15) is 0 Å². The number of carbonyl (C=O) groups is 3. The lowest BCUT2D eigenvalue weighted by Gasteiger charge is -2.27. The zero-order chi connectivity index (χ0) is 25.9. The standard InChI is InChI=1S/C28H34N4O4/c1-18(33)20-14-10-16-29-22(20)17-32-23-15-9-8-13-21(23)24(19-11-6-5-7-12-19)30-25(26(32)34)31-27(35)36-28(2,3)4/h8-10,13-16,19,25H,5-7,11-12,17H2,1-4H3,(H,31,35). The highest BCUT2D eigenvalue weighted by atomic mass is 16.6. The summed E-state index contributed by atoms with van der Waals surface area (Å²) in [7, 11) is 0. The van der Waals surface area contributed by atoms with Crippen LogP contribution < -0.4 is 10.2 Å². The number of alkyl carbamates (subject to hydrolysis) is 1. The number of anilines is 1. The Morgan fingerprint density at radius 3 is 2.50 bits per heavy atom. The van der Waals surface area contributed by atoms with Gasteiger partial charge in [-0.3, -0.25) is 24.9 Å². The zero-order valence-electron chi connectivity index (χ0n) is 21.4. The summed E-state index contributed by atoms with van der Waals surface area (Å²) in [6, 6.07) is 11.1. The number of carbonyl (C=O) groups excluding carboxylic acids is 3. The molecule has 0 spiro atoms. The molecule has 1 N–H and O–H groups in total. The number of benzene rings is 1. The third kappa shape index (κ3) is 5.80. The molecule has 1 aromatic carbocycles. The van der Waals surface area contributed by atoms with Crippen LogP contribution in [0.1, 0.15) is 81.4 Å². The number of nitrogens with one attached hydrogen (secondary N) is 1. The molecule has 36 heavy (non-hydrogen) atoms. The molecule has 1 saturated carbocycles. The van der Waals surface area contributed by atoms with E-state index in [0.717, 1.165) is 37.0 Å². The Morgan fingerprint density at radius 1 is 1.08 bits per heavy atom. The van der Waals surface area contributed by atoms with Crippen molar-refractivity contribution in [3.63, 3.8) is 0 Å². The topological polar surface area (TPSA) is 101 Å². The zero-order valence-corrected chi connectivity index (χ0v) is 21.4. The van der Waals surface area contributed by atoms with Crippen LogP contribution in [0.3, 0.4) is 0 Å². The molecule has 0 saturated heterocycles. The minimum absolute atomic E-state index is 0.0750. The maximum atomic E-state index is 14.0. The van der Waals surface area contributed by atoms with Gasteiger partial charge in [0.2, 0.25) is 6.17 Å². The number of aliphatic imine (C=N–C) groups is 1. The lowest BCUT2D eigenvalue weighted by Crippen LogP contribution is -2.48. The summed E-state index contributed by atoms with van der Waals surface area (Å²) in [6.45, 7) is 6.86. The highest BCUT2D eigenvalue weighted by Gasteiger charge is 2.36. The number of nitrogens with zero attached hydrogens (tertiary/aromatic N) is 3. The van der Waals surface area contributed by atoms with E-state index in [4.69, 9.17) is 9.73 Å². The third-order valence-corrected chi connectivity index (χ3v) is 6.46. The highest BCUT2D eigenvalue weighted by molar-refractivity contribution is 6.14. The van der Waals surface area contributed by atoms with Crippen molar-refractivity contribution in [2.24, 2.45) is 10.9 Å². The minimum Gasteiger partial charge on any atom is -0.444 e. The lowest BCUT2D eigenvalue weighted by atomic mass is 9.82. The molecule has 2 amide bonds. The first-order valence-electron chi connectivity index (χ1n) is 12.6. The summed E-state index contributed by atoms with van der Waals surface area (Å²) in [4.78, 5) is 49.8. The Hall–Kier alpha value is -3.55. The van der Waals surface area contributed by atoms with E-state index < -0.39 is 23.8 Å². The first-order valence-corrected chi connectivity index (χ1v) is 12.6. The Balaban J connectivity index is 1.79. The first kappa shape index (κ1) is 25.5. The quantitative estimate of drug-likeness (QED) is 0.591. The SMILES string of the molecule is CC(=O)c1cccnc1CN1C(=O)C(NC(=O)OC(C)(C)C)N=C(C2CCCCC2)c2ccccc21. The fraction of sp³-hybridized carbons (Fsp3) is 0.464. The number of benzodiazepines with no additional fused rings is 1. The van der Waals surface area contributed by atoms with Crippen molar-refractivity contribution in [1.29, 1.82) is 0 Å². The molecule has 8 nitrogen and oxygen atoms in total. The van der Waals surface area contributed by atoms with Gasteiger partial charge in [0.05, 0.1) is 23.6 Å². The summed E-state index contributed by atoms with van der Waals surface area (Å²) >= 11 is 0. The maximum Gasteiger partial charge on any atom is 0.409 e. The van der Waals surface area contributed by atoms with Crippen molar-refractivity contribution in [2.45, 2.75) is 78.1 Å². The Kier molecular flexibility index (Phi) is 7.52. The number of fused-ring (bicyclic) bond motifs is 1. The molecule has 0 bridgehead atoms. The van der Waals surface area contributed by atoms with Crippen molar-refractivity contribution in [2.75, 3.05) is 4.90 Å². The van der Waals surface area contributed by atoms with E-state index in [-0.39, 0.29) is 18.2 Å². The molecule has 1 unspecified atom stereocenters. The molecule has 0 radical (unpaired) electrons. The smallest absolute Gasteiger partial charge is 0.409 e. The highest BCUT2D eigenvalue weighted by Crippen LogP contribution is 2.34. The van der Waals surface area contributed by atoms with Gasteiger partial charge >= 0.3 is 6.09 Å². The summed E-state index contributed by atoms with van der Waals surface area (Å²) in [5.41, 5.74) is 2.62. The van der Waals surface area contributed by atoms with Crippen molar-refractivity contribution in [3.8, 4) is 0 Å². The van der Waals surface area contributed by atoms with Gasteiger partial charge in [-0.15, -0.1) is 0 Å². The minimum atomic E-state index is -1.16. The van der Waals surface area contributed by atoms with Crippen LogP contribution in [-0.4, -0.2) is 40.2 Å². The van der Waals surface area contributed by atoms with E-state index in [0.29, 0.717) is 16.9 Å². The molecule has 2 heterocycles. The third-order valence-electron chi connectivity index (χ3n) is 6.46. The molecule has 1 aliphatic carbocycles. The molecule has 4 rings (SSSR count). The molecule has 190 valence electrons. The van der Waals surface area contributed by atoms with Crippen LogP contribution in [-0.2, 0) is 16.1 Å². The molecule has 1 aromatic heterocycles. The van der Waals surface area contributed by atoms with Gasteiger partial charge < -0.3 is 9.64 Å². The molecular formula is C28H34N4O4. The summed E-state index contributed by atoms with van der Waals surface area (Å²) in [5, 5.41) is 2.70. The van der Waals surface area contributed by atoms with Gasteiger partial charge in [-0.25, -0.2) is 4.79 Å². The first-order chi connectivity index (χ1) is 17.1. The van der Waals surface area contributed by atoms with Crippen LogP contribution in [0.2, 0.25) is 0 Å². The Bertz CT molecular complexity index is 1180. The average molecular weight is 491 g/mol. The number of hydrogen-bond donors (Lipinski definition) is 1. The number of pyridine rings is 1. The van der Waals surface area contributed by atoms with Crippen LogP contribution in [0.15, 0.2) is 47.6 Å². The average Bonchev–Trinajstić information content (AvgIpc) is 2.94.